The van der Waals surface area contributed by atoms with Crippen LogP contribution in [0.25, 0.3) is 0 Å². The van der Waals surface area contributed by atoms with Gasteiger partial charge >= 0.3 is 0 Å². The summed E-state index contributed by atoms with van der Waals surface area (Å²) in [4.78, 5) is 0. The van der Waals surface area contributed by atoms with Gasteiger partial charge in [-0.3, -0.25) is 0 Å². The summed E-state index contributed by atoms with van der Waals surface area (Å²) < 4.78 is 5.77. The Bertz CT molecular complexity index is 563. The Morgan fingerprint density at radius 1 is 1.11 bits per heavy atom. The average Bonchev–Trinajstić information content (AvgIpc) is 2.47. The first-order valence-electron chi connectivity index (χ1n) is 6.59. The van der Waals surface area contributed by atoms with Gasteiger partial charge in [-0.15, -0.1) is 0 Å². The number of phenolic OH excluding ortho intramolecular Hbond substituents is 1. The van der Waals surface area contributed by atoms with Crippen LogP contribution in [0.15, 0.2) is 42.5 Å². The minimum Gasteiger partial charge on any atom is -0.508 e. The van der Waals surface area contributed by atoms with Gasteiger partial charge in [0.15, 0.2) is 0 Å². The fourth-order valence-corrected chi connectivity index (χ4v) is 2.42. The van der Waals surface area contributed by atoms with Gasteiger partial charge in [-0.25, -0.2) is 0 Å². The minimum absolute atomic E-state index is 0.258. The van der Waals surface area contributed by atoms with Gasteiger partial charge in [-0.05, 0) is 54.3 Å². The molecule has 2 aromatic rings. The van der Waals surface area contributed by atoms with Crippen LogP contribution in [0.3, 0.4) is 0 Å². The molecule has 0 amide bonds. The van der Waals surface area contributed by atoms with Crippen molar-refractivity contribution in [1.82, 2.24) is 0 Å². The molecule has 0 aromatic heterocycles. The molecule has 2 N–H and O–H groups in total. The second-order valence-electron chi connectivity index (χ2n) is 4.76. The lowest BCUT2D eigenvalue weighted by Gasteiger charge is -2.21. The number of phenols is 1. The number of anilines is 1. The second-order valence-corrected chi connectivity index (χ2v) is 4.76. The summed E-state index contributed by atoms with van der Waals surface area (Å²) in [5.41, 5.74) is 3.84. The number of aromatic hydroxyl groups is 1. The van der Waals surface area contributed by atoms with Gasteiger partial charge in [0.05, 0.1) is 0 Å². The lowest BCUT2D eigenvalue weighted by Crippen LogP contribution is -2.14. The van der Waals surface area contributed by atoms with Gasteiger partial charge < -0.3 is 15.2 Å². The molecule has 0 spiro atoms. The smallest absolute Gasteiger partial charge is 0.120 e. The van der Waals surface area contributed by atoms with Gasteiger partial charge in [0.2, 0.25) is 0 Å². The quantitative estimate of drug-likeness (QED) is 0.884. The van der Waals surface area contributed by atoms with E-state index in [1.165, 1.54) is 23.2 Å². The van der Waals surface area contributed by atoms with E-state index in [0.29, 0.717) is 6.61 Å². The third-order valence-corrected chi connectivity index (χ3v) is 3.42. The summed E-state index contributed by atoms with van der Waals surface area (Å²) in [5, 5.41) is 12.7. The minimum atomic E-state index is 0.258. The fourth-order valence-electron chi connectivity index (χ4n) is 2.42. The molecule has 0 aliphatic carbocycles. The average molecular weight is 255 g/mol. The first-order chi connectivity index (χ1) is 9.33. The normalized spacial score (nSPS) is 13.5. The summed E-state index contributed by atoms with van der Waals surface area (Å²) in [5.74, 6) is 1.04. The molecular weight excluding hydrogens is 238 g/mol. The summed E-state index contributed by atoms with van der Waals surface area (Å²) in [6, 6.07) is 13.1. The number of nitrogens with one attached hydrogen (secondary N) is 1. The molecule has 3 heteroatoms. The Kier molecular flexibility index (Phi) is 3.27. The lowest BCUT2D eigenvalue weighted by molar-refractivity contribution is 0.304. The van der Waals surface area contributed by atoms with Gasteiger partial charge in [0.1, 0.15) is 18.1 Å². The number of ether oxygens (including phenoxy) is 1. The van der Waals surface area contributed by atoms with E-state index in [4.69, 9.17) is 4.74 Å². The molecule has 19 heavy (non-hydrogen) atoms. The van der Waals surface area contributed by atoms with Crippen molar-refractivity contribution in [2.45, 2.75) is 19.4 Å². The molecule has 2 aromatic carbocycles. The maximum Gasteiger partial charge on any atom is 0.120 e. The van der Waals surface area contributed by atoms with Crippen LogP contribution in [-0.4, -0.2) is 11.7 Å². The molecule has 1 aliphatic rings. The zero-order valence-electron chi connectivity index (χ0n) is 10.7. The van der Waals surface area contributed by atoms with E-state index in [2.05, 4.69) is 23.5 Å². The maximum absolute atomic E-state index is 9.24. The van der Waals surface area contributed by atoms with E-state index < -0.39 is 0 Å². The van der Waals surface area contributed by atoms with Crippen LogP contribution in [0.5, 0.6) is 11.5 Å². The third kappa shape index (κ3) is 2.65. The van der Waals surface area contributed by atoms with Crippen LogP contribution in [0.4, 0.5) is 5.69 Å². The first-order valence-corrected chi connectivity index (χ1v) is 6.59. The molecule has 98 valence electrons. The largest absolute Gasteiger partial charge is 0.508 e. The van der Waals surface area contributed by atoms with Crippen LogP contribution in [-0.2, 0) is 13.0 Å². The molecule has 0 fully saturated rings. The predicted octanol–water partition coefficient (Wildman–Crippen LogP) is 3.33. The summed E-state index contributed by atoms with van der Waals surface area (Å²) in [7, 11) is 0. The van der Waals surface area contributed by atoms with Crippen LogP contribution in [0.2, 0.25) is 0 Å². The van der Waals surface area contributed by atoms with Crippen LogP contribution < -0.4 is 10.1 Å². The van der Waals surface area contributed by atoms with Gasteiger partial charge in [0, 0.05) is 12.2 Å². The Morgan fingerprint density at radius 3 is 2.79 bits per heavy atom. The molecule has 0 bridgehead atoms. The first kappa shape index (κ1) is 11.9. The zero-order chi connectivity index (χ0) is 13.1. The number of fused-ring (bicyclic) bond motifs is 1. The van der Waals surface area contributed by atoms with Crippen LogP contribution >= 0.6 is 0 Å². The SMILES string of the molecule is Oc1ccc(OCc2cccc3c2CCCN3)cc1. The Morgan fingerprint density at radius 2 is 1.95 bits per heavy atom. The van der Waals surface area contributed by atoms with Crippen molar-refractivity contribution in [3.8, 4) is 11.5 Å². The number of benzene rings is 2. The summed E-state index contributed by atoms with van der Waals surface area (Å²) in [6.07, 6.45) is 2.28. The van der Waals surface area contributed by atoms with Crippen molar-refractivity contribution < 1.29 is 9.84 Å². The van der Waals surface area contributed by atoms with E-state index in [9.17, 15) is 5.11 Å². The third-order valence-electron chi connectivity index (χ3n) is 3.42. The molecule has 3 nitrogen and oxygen atoms in total. The highest BCUT2D eigenvalue weighted by molar-refractivity contribution is 5.56. The van der Waals surface area contributed by atoms with Crippen LogP contribution in [0.1, 0.15) is 17.5 Å². The van der Waals surface area contributed by atoms with Crippen molar-refractivity contribution in [3.63, 3.8) is 0 Å². The van der Waals surface area contributed by atoms with Crippen molar-refractivity contribution in [1.29, 1.82) is 0 Å². The molecule has 0 saturated heterocycles. The highest BCUT2D eigenvalue weighted by Crippen LogP contribution is 2.26. The summed E-state index contributed by atoms with van der Waals surface area (Å²) in [6.45, 7) is 1.62. The molecule has 0 saturated carbocycles. The lowest BCUT2D eigenvalue weighted by atomic mass is 9.98. The molecule has 1 heterocycles. The molecule has 3 rings (SSSR count). The zero-order valence-corrected chi connectivity index (χ0v) is 10.7. The maximum atomic E-state index is 9.24. The molecule has 0 radical (unpaired) electrons. The molecule has 0 unspecified atom stereocenters. The van der Waals surface area contributed by atoms with Gasteiger partial charge in [-0.2, -0.15) is 0 Å². The fraction of sp³-hybridized carbons (Fsp3) is 0.250. The van der Waals surface area contributed by atoms with Gasteiger partial charge in [0.25, 0.3) is 0 Å². The van der Waals surface area contributed by atoms with Crippen molar-refractivity contribution in [2.24, 2.45) is 0 Å². The van der Waals surface area contributed by atoms with E-state index in [-0.39, 0.29) is 5.75 Å². The molecule has 0 atom stereocenters. The topological polar surface area (TPSA) is 41.5 Å². The monoisotopic (exact) mass is 255 g/mol. The van der Waals surface area contributed by atoms with Crippen LogP contribution in [0, 0.1) is 0 Å². The summed E-state index contributed by atoms with van der Waals surface area (Å²) >= 11 is 0. The highest BCUT2D eigenvalue weighted by Gasteiger charge is 2.12. The predicted molar refractivity (Wildman–Crippen MR) is 75.7 cm³/mol. The Labute approximate surface area is 112 Å². The standard InChI is InChI=1S/C16H17NO2/c18-13-6-8-14(9-7-13)19-11-12-3-1-5-16-15(12)4-2-10-17-16/h1,3,5-9,17-18H,2,4,10-11H2. The van der Waals surface area contributed by atoms with Crippen molar-refractivity contribution in [3.05, 3.63) is 53.6 Å². The number of rotatable bonds is 3. The molecular formula is C16H17NO2. The van der Waals surface area contributed by atoms with E-state index in [1.54, 1.807) is 24.3 Å². The number of hydrogen-bond acceptors (Lipinski definition) is 3. The van der Waals surface area contributed by atoms with E-state index in [0.717, 1.165) is 18.7 Å². The molecule has 1 aliphatic heterocycles. The van der Waals surface area contributed by atoms with Crippen molar-refractivity contribution >= 4 is 5.69 Å². The highest BCUT2D eigenvalue weighted by atomic mass is 16.5. The number of hydrogen-bond donors (Lipinski definition) is 2. The Balaban J connectivity index is 1.75. The van der Waals surface area contributed by atoms with E-state index in [1.807, 2.05) is 0 Å². The second kappa shape index (κ2) is 5.22. The van der Waals surface area contributed by atoms with E-state index >= 15 is 0 Å². The Hall–Kier alpha value is -2.16. The van der Waals surface area contributed by atoms with Crippen molar-refractivity contribution in [2.75, 3.05) is 11.9 Å². The van der Waals surface area contributed by atoms with Gasteiger partial charge in [-0.1, -0.05) is 12.1 Å².